The van der Waals surface area contributed by atoms with Crippen molar-refractivity contribution in [2.45, 2.75) is 51.9 Å². The summed E-state index contributed by atoms with van der Waals surface area (Å²) in [7, 11) is 0. The van der Waals surface area contributed by atoms with Gasteiger partial charge in [0.15, 0.2) is 0 Å². The lowest BCUT2D eigenvalue weighted by Crippen LogP contribution is -2.28. The van der Waals surface area contributed by atoms with Crippen LogP contribution in [-0.4, -0.2) is 12.6 Å². The van der Waals surface area contributed by atoms with Gasteiger partial charge in [-0.05, 0) is 61.7 Å². The van der Waals surface area contributed by atoms with Crippen molar-refractivity contribution in [3.63, 3.8) is 0 Å². The van der Waals surface area contributed by atoms with E-state index in [0.29, 0.717) is 18.9 Å². The topological polar surface area (TPSA) is 26.3 Å². The molecule has 0 radical (unpaired) electrons. The van der Waals surface area contributed by atoms with Gasteiger partial charge in [-0.15, -0.1) is 0 Å². The van der Waals surface area contributed by atoms with Crippen molar-refractivity contribution in [3.05, 3.63) is 0 Å². The molecule has 0 spiro atoms. The first-order valence-electron chi connectivity index (χ1n) is 7.45. The van der Waals surface area contributed by atoms with E-state index in [0.717, 1.165) is 30.1 Å². The molecular weight excluding hydrogens is 212 g/mol. The highest BCUT2D eigenvalue weighted by atomic mass is 16.5. The lowest BCUT2D eigenvalue weighted by Gasteiger charge is -2.31. The molecule has 3 rings (SSSR count). The average molecular weight is 236 g/mol. The Hall–Kier alpha value is -0.530. The molecule has 5 atom stereocenters. The zero-order chi connectivity index (χ0) is 11.8. The molecule has 0 saturated heterocycles. The Morgan fingerprint density at radius 1 is 1.18 bits per heavy atom. The Morgan fingerprint density at radius 3 is 2.82 bits per heavy atom. The van der Waals surface area contributed by atoms with Gasteiger partial charge in [-0.25, -0.2) is 0 Å². The summed E-state index contributed by atoms with van der Waals surface area (Å²) >= 11 is 0. The summed E-state index contributed by atoms with van der Waals surface area (Å²) in [5, 5.41) is 0. The minimum atomic E-state index is 0.0123. The van der Waals surface area contributed by atoms with E-state index in [4.69, 9.17) is 4.74 Å². The Labute approximate surface area is 104 Å². The van der Waals surface area contributed by atoms with E-state index in [2.05, 4.69) is 0 Å². The molecule has 3 aliphatic carbocycles. The van der Waals surface area contributed by atoms with Gasteiger partial charge in [-0.3, -0.25) is 4.79 Å². The number of carbonyl (C=O) groups is 1. The summed E-state index contributed by atoms with van der Waals surface area (Å²) in [5.74, 6) is 4.61. The Morgan fingerprint density at radius 2 is 2.00 bits per heavy atom. The fourth-order valence-corrected chi connectivity index (χ4v) is 4.88. The normalized spacial score (nSPS) is 42.8. The second-order valence-electron chi connectivity index (χ2n) is 6.35. The van der Waals surface area contributed by atoms with Gasteiger partial charge >= 0.3 is 5.97 Å². The van der Waals surface area contributed by atoms with Crippen LogP contribution in [-0.2, 0) is 9.53 Å². The number of hydrogen-bond donors (Lipinski definition) is 0. The first-order chi connectivity index (χ1) is 8.29. The molecule has 2 nitrogen and oxygen atoms in total. The first kappa shape index (κ1) is 11.6. The highest BCUT2D eigenvalue weighted by Gasteiger charge is 2.53. The molecular formula is C15H24O2. The van der Waals surface area contributed by atoms with Crippen molar-refractivity contribution < 1.29 is 9.53 Å². The van der Waals surface area contributed by atoms with Gasteiger partial charge in [0.25, 0.3) is 0 Å². The molecule has 3 fully saturated rings. The zero-order valence-electron chi connectivity index (χ0n) is 10.9. The van der Waals surface area contributed by atoms with Crippen LogP contribution in [0.2, 0.25) is 0 Å². The van der Waals surface area contributed by atoms with E-state index < -0.39 is 0 Å². The molecule has 17 heavy (non-hydrogen) atoms. The quantitative estimate of drug-likeness (QED) is 0.699. The fourth-order valence-electron chi connectivity index (χ4n) is 4.88. The molecule has 0 aromatic heterocycles. The predicted molar refractivity (Wildman–Crippen MR) is 66.4 cm³/mol. The highest BCUT2D eigenvalue weighted by molar-refractivity contribution is 5.69. The smallest absolute Gasteiger partial charge is 0.305 e. The fraction of sp³-hybridized carbons (Fsp3) is 0.933. The van der Waals surface area contributed by atoms with Crippen LogP contribution in [0.1, 0.15) is 51.9 Å². The van der Waals surface area contributed by atoms with E-state index in [1.165, 1.54) is 32.1 Å². The van der Waals surface area contributed by atoms with Gasteiger partial charge in [0, 0.05) is 6.42 Å². The van der Waals surface area contributed by atoms with Crippen LogP contribution in [0, 0.1) is 29.6 Å². The van der Waals surface area contributed by atoms with E-state index in [1.54, 1.807) is 0 Å². The third kappa shape index (κ3) is 2.00. The molecule has 96 valence electrons. The summed E-state index contributed by atoms with van der Waals surface area (Å²) < 4.78 is 5.43. The molecule has 0 aliphatic heterocycles. The largest absolute Gasteiger partial charge is 0.465 e. The molecule has 0 N–H and O–H groups in total. The highest BCUT2D eigenvalue weighted by Crippen LogP contribution is 2.60. The number of ether oxygens (including phenoxy) is 1. The van der Waals surface area contributed by atoms with E-state index in [9.17, 15) is 4.79 Å². The van der Waals surface area contributed by atoms with E-state index in [-0.39, 0.29) is 5.97 Å². The molecule has 3 saturated carbocycles. The van der Waals surface area contributed by atoms with Gasteiger partial charge in [0.05, 0.1) is 6.61 Å². The van der Waals surface area contributed by atoms with Crippen molar-refractivity contribution in [2.75, 3.05) is 6.61 Å². The third-order valence-electron chi connectivity index (χ3n) is 5.48. The van der Waals surface area contributed by atoms with Crippen LogP contribution >= 0.6 is 0 Å². The maximum Gasteiger partial charge on any atom is 0.305 e. The molecule has 0 heterocycles. The van der Waals surface area contributed by atoms with Crippen LogP contribution in [0.25, 0.3) is 0 Å². The second kappa shape index (κ2) is 4.62. The van der Waals surface area contributed by atoms with Crippen LogP contribution < -0.4 is 0 Å². The van der Waals surface area contributed by atoms with E-state index in [1.807, 2.05) is 6.92 Å². The van der Waals surface area contributed by atoms with Crippen molar-refractivity contribution >= 4 is 5.97 Å². The van der Waals surface area contributed by atoms with Gasteiger partial charge in [0.1, 0.15) is 0 Å². The van der Waals surface area contributed by atoms with Crippen LogP contribution in [0.15, 0.2) is 0 Å². The maximum atomic E-state index is 11.4. The lowest BCUT2D eigenvalue weighted by molar-refractivity contribution is -0.145. The summed E-state index contributed by atoms with van der Waals surface area (Å²) in [6.07, 6.45) is 8.65. The third-order valence-corrected chi connectivity index (χ3v) is 5.48. The van der Waals surface area contributed by atoms with Crippen molar-refractivity contribution in [2.24, 2.45) is 29.6 Å². The summed E-state index contributed by atoms with van der Waals surface area (Å²) in [6.45, 7) is 2.74. The summed E-state index contributed by atoms with van der Waals surface area (Å²) in [6, 6.07) is 0. The van der Waals surface area contributed by atoms with Gasteiger partial charge in [0.2, 0.25) is 0 Å². The molecule has 0 amide bonds. The second-order valence-corrected chi connectivity index (χ2v) is 6.35. The SMILES string of the molecule is CCCC(=O)OCC1CC2CC1C1CCCC21. The number of esters is 1. The molecule has 3 aliphatic rings. The summed E-state index contributed by atoms with van der Waals surface area (Å²) in [5.41, 5.74) is 0. The van der Waals surface area contributed by atoms with Crippen LogP contribution in [0.3, 0.4) is 0 Å². The Kier molecular flexibility index (Phi) is 3.14. The Bertz CT molecular complexity index is 299. The molecule has 5 unspecified atom stereocenters. The number of carbonyl (C=O) groups excluding carboxylic acids is 1. The van der Waals surface area contributed by atoms with Crippen molar-refractivity contribution in [1.29, 1.82) is 0 Å². The van der Waals surface area contributed by atoms with Gasteiger partial charge in [-0.2, -0.15) is 0 Å². The van der Waals surface area contributed by atoms with Crippen LogP contribution in [0.4, 0.5) is 0 Å². The number of hydrogen-bond acceptors (Lipinski definition) is 2. The van der Waals surface area contributed by atoms with Crippen molar-refractivity contribution in [1.82, 2.24) is 0 Å². The Balaban J connectivity index is 1.52. The monoisotopic (exact) mass is 236 g/mol. The van der Waals surface area contributed by atoms with Crippen LogP contribution in [0.5, 0.6) is 0 Å². The van der Waals surface area contributed by atoms with E-state index >= 15 is 0 Å². The standard InChI is InChI=1S/C15H24O2/c1-2-4-15(16)17-9-11-7-10-8-14(11)13-6-3-5-12(10)13/h10-14H,2-9H2,1H3. The molecule has 0 aromatic rings. The lowest BCUT2D eigenvalue weighted by atomic mass is 9.76. The molecule has 2 heteroatoms. The predicted octanol–water partition coefficient (Wildman–Crippen LogP) is 3.40. The first-order valence-corrected chi connectivity index (χ1v) is 7.45. The average Bonchev–Trinajstić information content (AvgIpc) is 2.98. The molecule has 0 aromatic carbocycles. The summed E-state index contributed by atoms with van der Waals surface area (Å²) in [4.78, 5) is 11.4. The number of rotatable bonds is 4. The van der Waals surface area contributed by atoms with Crippen molar-refractivity contribution in [3.8, 4) is 0 Å². The maximum absolute atomic E-state index is 11.4. The molecule has 2 bridgehead atoms. The minimum absolute atomic E-state index is 0.0123. The van der Waals surface area contributed by atoms with Gasteiger partial charge < -0.3 is 4.74 Å². The van der Waals surface area contributed by atoms with Gasteiger partial charge in [-0.1, -0.05) is 13.3 Å². The minimum Gasteiger partial charge on any atom is -0.465 e. The number of fused-ring (bicyclic) bond motifs is 5. The zero-order valence-corrected chi connectivity index (χ0v) is 10.9.